The first-order chi connectivity index (χ1) is 7.06. The summed E-state index contributed by atoms with van der Waals surface area (Å²) in [6.45, 7) is 8.16. The highest BCUT2D eigenvalue weighted by Crippen LogP contribution is 2.05. The van der Waals surface area contributed by atoms with Gasteiger partial charge in [0.1, 0.15) is 5.78 Å². The van der Waals surface area contributed by atoms with Crippen LogP contribution in [0.15, 0.2) is 29.0 Å². The van der Waals surface area contributed by atoms with Gasteiger partial charge in [0.15, 0.2) is 0 Å². The molecule has 15 heavy (non-hydrogen) atoms. The van der Waals surface area contributed by atoms with Gasteiger partial charge < -0.3 is 0 Å². The molecule has 84 valence electrons. The van der Waals surface area contributed by atoms with Crippen molar-refractivity contribution in [3.63, 3.8) is 0 Å². The van der Waals surface area contributed by atoms with E-state index in [-0.39, 0.29) is 5.78 Å². The molecule has 1 nitrogen and oxygen atoms in total. The van der Waals surface area contributed by atoms with Crippen LogP contribution < -0.4 is 0 Å². The van der Waals surface area contributed by atoms with Gasteiger partial charge in [-0.2, -0.15) is 0 Å². The van der Waals surface area contributed by atoms with Gasteiger partial charge in [0.05, 0.1) is 0 Å². The molecule has 0 aromatic carbocycles. The van der Waals surface area contributed by atoms with Gasteiger partial charge >= 0.3 is 0 Å². The summed E-state index contributed by atoms with van der Waals surface area (Å²) in [7, 11) is 0. The Morgan fingerprint density at radius 1 is 1.27 bits per heavy atom. The molecule has 0 N–H and O–H groups in total. The second-order valence-electron chi connectivity index (χ2n) is 4.05. The SMILES string of the molecule is CCC(=O)CC=C=C(C)CCC=C(C)C. The molecular weight excluding hydrogens is 184 g/mol. The number of allylic oxidation sites excluding steroid dienone is 3. The maximum Gasteiger partial charge on any atom is 0.137 e. The second kappa shape index (κ2) is 8.26. The zero-order chi connectivity index (χ0) is 11.7. The van der Waals surface area contributed by atoms with Crippen LogP contribution in [0.1, 0.15) is 53.4 Å². The van der Waals surface area contributed by atoms with Crippen LogP contribution in [0.2, 0.25) is 0 Å². The van der Waals surface area contributed by atoms with E-state index in [0.29, 0.717) is 12.8 Å². The van der Waals surface area contributed by atoms with Crippen molar-refractivity contribution in [3.8, 4) is 0 Å². The van der Waals surface area contributed by atoms with Gasteiger partial charge in [0.25, 0.3) is 0 Å². The molecule has 0 aromatic rings. The van der Waals surface area contributed by atoms with Gasteiger partial charge in [0.2, 0.25) is 0 Å². The van der Waals surface area contributed by atoms with Gasteiger partial charge in [-0.15, -0.1) is 5.73 Å². The molecule has 0 aliphatic heterocycles. The molecule has 0 saturated carbocycles. The lowest BCUT2D eigenvalue weighted by atomic mass is 10.1. The first-order valence-corrected chi connectivity index (χ1v) is 5.62. The first-order valence-electron chi connectivity index (χ1n) is 5.62. The Hall–Kier alpha value is -1.07. The fourth-order valence-corrected chi connectivity index (χ4v) is 1.13. The molecule has 0 fully saturated rings. The number of Topliss-reactive ketones (excluding diaryl/α,β-unsaturated/α-hetero) is 1. The maximum absolute atomic E-state index is 11.0. The third-order valence-corrected chi connectivity index (χ3v) is 2.14. The summed E-state index contributed by atoms with van der Waals surface area (Å²) >= 11 is 0. The lowest BCUT2D eigenvalue weighted by Crippen LogP contribution is -1.90. The molecule has 0 aliphatic rings. The third kappa shape index (κ3) is 9.24. The van der Waals surface area contributed by atoms with E-state index >= 15 is 0 Å². The lowest BCUT2D eigenvalue weighted by molar-refractivity contribution is -0.117. The van der Waals surface area contributed by atoms with Crippen LogP contribution >= 0.6 is 0 Å². The van der Waals surface area contributed by atoms with E-state index in [1.54, 1.807) is 0 Å². The monoisotopic (exact) mass is 206 g/mol. The largest absolute Gasteiger partial charge is 0.299 e. The van der Waals surface area contributed by atoms with Crippen molar-refractivity contribution in [1.29, 1.82) is 0 Å². The van der Waals surface area contributed by atoms with Crippen LogP contribution in [0.4, 0.5) is 0 Å². The summed E-state index contributed by atoms with van der Waals surface area (Å²) in [6, 6.07) is 0. The Kier molecular flexibility index (Phi) is 7.67. The number of carbonyl (C=O) groups is 1. The topological polar surface area (TPSA) is 17.1 Å². The van der Waals surface area contributed by atoms with Gasteiger partial charge in [-0.05, 0) is 45.3 Å². The van der Waals surface area contributed by atoms with Crippen LogP contribution in [-0.4, -0.2) is 5.78 Å². The summed E-state index contributed by atoms with van der Waals surface area (Å²) in [5.74, 6) is 0.277. The van der Waals surface area contributed by atoms with Crippen molar-refractivity contribution >= 4 is 5.78 Å². The summed E-state index contributed by atoms with van der Waals surface area (Å²) in [6.07, 6.45) is 7.32. The van der Waals surface area contributed by atoms with Crippen LogP contribution in [0.5, 0.6) is 0 Å². The van der Waals surface area contributed by atoms with E-state index in [4.69, 9.17) is 0 Å². The minimum Gasteiger partial charge on any atom is -0.299 e. The highest BCUT2D eigenvalue weighted by Gasteiger charge is 1.92. The number of carbonyl (C=O) groups excluding carboxylic acids is 1. The summed E-state index contributed by atoms with van der Waals surface area (Å²) < 4.78 is 0. The van der Waals surface area contributed by atoms with E-state index in [1.165, 1.54) is 11.1 Å². The third-order valence-electron chi connectivity index (χ3n) is 2.14. The Morgan fingerprint density at radius 2 is 1.93 bits per heavy atom. The minimum absolute atomic E-state index is 0.277. The van der Waals surface area contributed by atoms with Gasteiger partial charge in [-0.1, -0.05) is 18.6 Å². The zero-order valence-corrected chi connectivity index (χ0v) is 10.4. The Bertz CT molecular complexity index is 284. The van der Waals surface area contributed by atoms with Crippen molar-refractivity contribution in [2.45, 2.75) is 53.4 Å². The van der Waals surface area contributed by atoms with Gasteiger partial charge in [0, 0.05) is 12.8 Å². The number of ketones is 1. The minimum atomic E-state index is 0.277. The molecule has 0 radical (unpaired) electrons. The van der Waals surface area contributed by atoms with Crippen LogP contribution in [0, 0.1) is 0 Å². The molecule has 0 amide bonds. The van der Waals surface area contributed by atoms with E-state index in [1.807, 2.05) is 13.0 Å². The van der Waals surface area contributed by atoms with E-state index in [0.717, 1.165) is 12.8 Å². The normalized spacial score (nSPS) is 9.07. The molecule has 0 heterocycles. The molecule has 0 aliphatic carbocycles. The van der Waals surface area contributed by atoms with Crippen molar-refractivity contribution in [3.05, 3.63) is 29.0 Å². The van der Waals surface area contributed by atoms with Crippen molar-refractivity contribution in [2.75, 3.05) is 0 Å². The van der Waals surface area contributed by atoms with Crippen LogP contribution in [0.25, 0.3) is 0 Å². The van der Waals surface area contributed by atoms with E-state index < -0.39 is 0 Å². The van der Waals surface area contributed by atoms with Crippen LogP contribution in [0.3, 0.4) is 0 Å². The Labute approximate surface area is 93.6 Å². The lowest BCUT2D eigenvalue weighted by Gasteiger charge is -1.94. The predicted molar refractivity (Wildman–Crippen MR) is 65.9 cm³/mol. The number of hydrogen-bond donors (Lipinski definition) is 0. The molecular formula is C14H22O. The van der Waals surface area contributed by atoms with Crippen molar-refractivity contribution in [2.24, 2.45) is 0 Å². The molecule has 0 bridgehead atoms. The summed E-state index contributed by atoms with van der Waals surface area (Å²) in [4.78, 5) is 11.0. The fraction of sp³-hybridized carbons (Fsp3) is 0.571. The molecule has 0 rings (SSSR count). The molecule has 0 spiro atoms. The summed E-state index contributed by atoms with van der Waals surface area (Å²) in [5.41, 5.74) is 5.74. The average Bonchev–Trinajstić information content (AvgIpc) is 2.17. The molecule has 0 aromatic heterocycles. The van der Waals surface area contributed by atoms with Crippen molar-refractivity contribution < 1.29 is 4.79 Å². The highest BCUT2D eigenvalue weighted by molar-refractivity contribution is 5.79. The Morgan fingerprint density at radius 3 is 2.47 bits per heavy atom. The molecule has 0 saturated heterocycles. The van der Waals surface area contributed by atoms with Crippen molar-refractivity contribution in [1.82, 2.24) is 0 Å². The molecule has 0 atom stereocenters. The molecule has 0 unspecified atom stereocenters. The first kappa shape index (κ1) is 13.9. The summed E-state index contributed by atoms with van der Waals surface area (Å²) in [5, 5.41) is 0. The number of rotatable bonds is 6. The smallest absolute Gasteiger partial charge is 0.137 e. The van der Waals surface area contributed by atoms with E-state index in [9.17, 15) is 4.79 Å². The quantitative estimate of drug-likeness (QED) is 0.470. The zero-order valence-electron chi connectivity index (χ0n) is 10.4. The Balaban J connectivity index is 3.97. The predicted octanol–water partition coefficient (Wildman–Crippen LogP) is 4.20. The molecule has 1 heteroatoms. The standard InChI is InChI=1S/C14H22O/c1-5-14(15)11-7-10-13(4)9-6-8-12(2)3/h7-8H,5-6,9,11H2,1-4H3. The fourth-order valence-electron chi connectivity index (χ4n) is 1.13. The maximum atomic E-state index is 11.0. The van der Waals surface area contributed by atoms with Crippen LogP contribution in [-0.2, 0) is 4.79 Å². The number of hydrogen-bond acceptors (Lipinski definition) is 1. The average molecular weight is 206 g/mol. The highest BCUT2D eigenvalue weighted by atomic mass is 16.1. The van der Waals surface area contributed by atoms with Gasteiger partial charge in [-0.3, -0.25) is 4.79 Å². The second-order valence-corrected chi connectivity index (χ2v) is 4.05. The van der Waals surface area contributed by atoms with Gasteiger partial charge in [-0.25, -0.2) is 0 Å². The van der Waals surface area contributed by atoms with E-state index in [2.05, 4.69) is 32.6 Å².